The largest absolute Gasteiger partial charge is 0.399 e. The van der Waals surface area contributed by atoms with E-state index in [9.17, 15) is 4.79 Å². The first-order chi connectivity index (χ1) is 9.16. The zero-order chi connectivity index (χ0) is 13.7. The molecule has 0 unspecified atom stereocenters. The molecule has 0 aliphatic carbocycles. The molecule has 0 radical (unpaired) electrons. The Bertz CT molecular complexity index is 587. The Hall–Kier alpha value is -2.41. The summed E-state index contributed by atoms with van der Waals surface area (Å²) in [5, 5.41) is 3.95. The van der Waals surface area contributed by atoms with Gasteiger partial charge in [-0.25, -0.2) is 9.97 Å². The number of nitrogens with zero attached hydrogens (tertiary/aromatic N) is 2. The molecule has 0 aliphatic heterocycles. The van der Waals surface area contributed by atoms with Gasteiger partial charge in [0, 0.05) is 17.6 Å². The Labute approximate surface area is 110 Å². The fourth-order valence-corrected chi connectivity index (χ4v) is 1.63. The van der Waals surface area contributed by atoms with E-state index < -0.39 is 5.91 Å². The number of primary amides is 1. The second-order valence-corrected chi connectivity index (χ2v) is 3.94. The maximum absolute atomic E-state index is 10.5. The summed E-state index contributed by atoms with van der Waals surface area (Å²) in [5.41, 5.74) is 12.2. The van der Waals surface area contributed by atoms with Gasteiger partial charge >= 0.3 is 0 Å². The van der Waals surface area contributed by atoms with Crippen molar-refractivity contribution >= 4 is 28.3 Å². The van der Waals surface area contributed by atoms with Gasteiger partial charge in [0.25, 0.3) is 0 Å². The lowest BCUT2D eigenvalue weighted by molar-refractivity contribution is -0.122. The molecular weight excluding hydrogens is 246 g/mol. The normalized spacial score (nSPS) is 10.5. The van der Waals surface area contributed by atoms with Crippen LogP contribution >= 0.6 is 0 Å². The number of amides is 1. The van der Waals surface area contributed by atoms with Crippen LogP contribution in [0, 0.1) is 0 Å². The van der Waals surface area contributed by atoms with Crippen molar-refractivity contribution in [2.75, 3.05) is 30.8 Å². The standard InChI is InChI=1S/C12H15N5O2/c13-8-1-2-10-9(5-8)12(17-7-16-10)15-3-4-19-6-11(14)18/h1-2,5,7H,3-4,6,13H2,(H2,14,18)(H,15,16,17). The summed E-state index contributed by atoms with van der Waals surface area (Å²) in [6.07, 6.45) is 1.48. The minimum atomic E-state index is -0.486. The zero-order valence-corrected chi connectivity index (χ0v) is 10.3. The van der Waals surface area contributed by atoms with Crippen LogP contribution in [0.5, 0.6) is 0 Å². The molecule has 0 bridgehead atoms. The van der Waals surface area contributed by atoms with Crippen molar-refractivity contribution < 1.29 is 9.53 Å². The molecule has 0 aliphatic rings. The summed E-state index contributed by atoms with van der Waals surface area (Å²) >= 11 is 0. The van der Waals surface area contributed by atoms with Crippen LogP contribution in [0.2, 0.25) is 0 Å². The fourth-order valence-electron chi connectivity index (χ4n) is 1.63. The van der Waals surface area contributed by atoms with Crippen LogP contribution in [0.15, 0.2) is 24.5 Å². The average molecular weight is 261 g/mol. The molecule has 1 heterocycles. The molecule has 2 aromatic rings. The summed E-state index contributed by atoms with van der Waals surface area (Å²) in [7, 11) is 0. The Morgan fingerprint density at radius 1 is 1.37 bits per heavy atom. The fraction of sp³-hybridized carbons (Fsp3) is 0.250. The number of nitrogens with two attached hydrogens (primary N) is 2. The van der Waals surface area contributed by atoms with Crippen molar-refractivity contribution in [1.29, 1.82) is 0 Å². The van der Waals surface area contributed by atoms with E-state index in [1.54, 1.807) is 6.07 Å². The maximum Gasteiger partial charge on any atom is 0.243 e. The molecule has 19 heavy (non-hydrogen) atoms. The van der Waals surface area contributed by atoms with Gasteiger partial charge in [-0.3, -0.25) is 4.79 Å². The molecule has 0 spiro atoms. The average Bonchev–Trinajstić information content (AvgIpc) is 2.38. The molecule has 5 N–H and O–H groups in total. The van der Waals surface area contributed by atoms with E-state index in [1.165, 1.54) is 6.33 Å². The monoisotopic (exact) mass is 261 g/mol. The van der Waals surface area contributed by atoms with Crippen LogP contribution in [-0.4, -0.2) is 35.6 Å². The second-order valence-electron chi connectivity index (χ2n) is 3.94. The van der Waals surface area contributed by atoms with Crippen LogP contribution in [0.25, 0.3) is 10.9 Å². The third kappa shape index (κ3) is 3.52. The van der Waals surface area contributed by atoms with Gasteiger partial charge in [-0.2, -0.15) is 0 Å². The minimum absolute atomic E-state index is 0.0842. The minimum Gasteiger partial charge on any atom is -0.399 e. The molecule has 0 saturated carbocycles. The Morgan fingerprint density at radius 2 is 2.21 bits per heavy atom. The van der Waals surface area contributed by atoms with Crippen LogP contribution in [0.4, 0.5) is 11.5 Å². The maximum atomic E-state index is 10.5. The van der Waals surface area contributed by atoms with E-state index in [4.69, 9.17) is 16.2 Å². The molecule has 7 heteroatoms. The highest BCUT2D eigenvalue weighted by atomic mass is 16.5. The number of benzene rings is 1. The molecule has 0 atom stereocenters. The lowest BCUT2D eigenvalue weighted by Crippen LogP contribution is -2.20. The SMILES string of the molecule is NC(=O)COCCNc1ncnc2ccc(N)cc12. The summed E-state index contributed by atoms with van der Waals surface area (Å²) in [6.45, 7) is 0.782. The quantitative estimate of drug-likeness (QED) is 0.502. The van der Waals surface area contributed by atoms with Crippen molar-refractivity contribution in [2.24, 2.45) is 5.73 Å². The molecular formula is C12H15N5O2. The predicted molar refractivity (Wildman–Crippen MR) is 72.5 cm³/mol. The lowest BCUT2D eigenvalue weighted by Gasteiger charge is -2.08. The van der Waals surface area contributed by atoms with E-state index in [2.05, 4.69) is 15.3 Å². The smallest absolute Gasteiger partial charge is 0.243 e. The van der Waals surface area contributed by atoms with Crippen molar-refractivity contribution in [3.8, 4) is 0 Å². The van der Waals surface area contributed by atoms with Crippen molar-refractivity contribution in [3.05, 3.63) is 24.5 Å². The summed E-state index contributed by atoms with van der Waals surface area (Å²) in [6, 6.07) is 5.43. The third-order valence-electron chi connectivity index (χ3n) is 2.44. The van der Waals surface area contributed by atoms with Gasteiger partial charge < -0.3 is 21.5 Å². The van der Waals surface area contributed by atoms with Gasteiger partial charge in [0.2, 0.25) is 5.91 Å². The number of hydrogen-bond acceptors (Lipinski definition) is 6. The highest BCUT2D eigenvalue weighted by Gasteiger charge is 2.03. The summed E-state index contributed by atoms with van der Waals surface area (Å²) < 4.78 is 5.05. The van der Waals surface area contributed by atoms with Crippen molar-refractivity contribution in [2.45, 2.75) is 0 Å². The van der Waals surface area contributed by atoms with Crippen molar-refractivity contribution in [1.82, 2.24) is 9.97 Å². The number of carbonyl (C=O) groups is 1. The third-order valence-corrected chi connectivity index (χ3v) is 2.44. The number of anilines is 2. The first-order valence-electron chi connectivity index (χ1n) is 5.77. The molecule has 1 aromatic carbocycles. The molecule has 0 fully saturated rings. The van der Waals surface area contributed by atoms with Crippen LogP contribution in [-0.2, 0) is 9.53 Å². The number of ether oxygens (including phenoxy) is 1. The van der Waals surface area contributed by atoms with Gasteiger partial charge in [0.15, 0.2) is 0 Å². The molecule has 7 nitrogen and oxygen atoms in total. The number of hydrogen-bond donors (Lipinski definition) is 3. The summed E-state index contributed by atoms with van der Waals surface area (Å²) in [5.74, 6) is 0.195. The lowest BCUT2D eigenvalue weighted by atomic mass is 10.2. The first-order valence-corrected chi connectivity index (χ1v) is 5.77. The van der Waals surface area contributed by atoms with Gasteiger partial charge in [0.05, 0.1) is 12.1 Å². The van der Waals surface area contributed by atoms with E-state index in [1.807, 2.05) is 12.1 Å². The molecule has 100 valence electrons. The Kier molecular flexibility index (Phi) is 4.09. The number of rotatable bonds is 6. The first kappa shape index (κ1) is 13.0. The highest BCUT2D eigenvalue weighted by molar-refractivity contribution is 5.91. The number of carbonyl (C=O) groups excluding carboxylic acids is 1. The highest BCUT2D eigenvalue weighted by Crippen LogP contribution is 2.21. The number of nitrogens with one attached hydrogen (secondary N) is 1. The van der Waals surface area contributed by atoms with Crippen LogP contribution < -0.4 is 16.8 Å². The summed E-state index contributed by atoms with van der Waals surface area (Å²) in [4.78, 5) is 18.8. The second kappa shape index (κ2) is 5.96. The molecule has 2 rings (SSSR count). The van der Waals surface area contributed by atoms with Gasteiger partial charge in [0.1, 0.15) is 18.8 Å². The van der Waals surface area contributed by atoms with E-state index in [0.29, 0.717) is 24.7 Å². The van der Waals surface area contributed by atoms with Gasteiger partial charge in [-0.05, 0) is 18.2 Å². The van der Waals surface area contributed by atoms with Gasteiger partial charge in [-0.15, -0.1) is 0 Å². The zero-order valence-electron chi connectivity index (χ0n) is 10.3. The number of nitrogen functional groups attached to an aromatic ring is 1. The van der Waals surface area contributed by atoms with E-state index in [-0.39, 0.29) is 6.61 Å². The Balaban J connectivity index is 2.00. The van der Waals surface area contributed by atoms with Crippen LogP contribution in [0.1, 0.15) is 0 Å². The molecule has 1 aromatic heterocycles. The number of aromatic nitrogens is 2. The topological polar surface area (TPSA) is 116 Å². The Morgan fingerprint density at radius 3 is 3.00 bits per heavy atom. The van der Waals surface area contributed by atoms with Gasteiger partial charge in [-0.1, -0.05) is 0 Å². The van der Waals surface area contributed by atoms with E-state index >= 15 is 0 Å². The number of fused-ring (bicyclic) bond motifs is 1. The van der Waals surface area contributed by atoms with Crippen LogP contribution in [0.3, 0.4) is 0 Å². The molecule has 0 saturated heterocycles. The predicted octanol–water partition coefficient (Wildman–Crippen LogP) is 0.126. The van der Waals surface area contributed by atoms with Crippen molar-refractivity contribution in [3.63, 3.8) is 0 Å². The molecule has 1 amide bonds. The van der Waals surface area contributed by atoms with E-state index in [0.717, 1.165) is 10.9 Å².